The molecule has 3 nitrogen and oxygen atoms in total. The van der Waals surface area contributed by atoms with Gasteiger partial charge in [0.05, 0.1) is 12.8 Å². The monoisotopic (exact) mass is 343 g/mol. The molecular formula is C20H22ClNO2. The van der Waals surface area contributed by atoms with E-state index in [1.54, 1.807) is 6.26 Å². The van der Waals surface area contributed by atoms with E-state index >= 15 is 0 Å². The number of aryl methyl sites for hydroxylation is 1. The highest BCUT2D eigenvalue weighted by Crippen LogP contribution is 2.19. The lowest BCUT2D eigenvalue weighted by molar-refractivity contribution is 0.302. The summed E-state index contributed by atoms with van der Waals surface area (Å²) in [6.07, 6.45) is 1.69. The predicted octanol–water partition coefficient (Wildman–Crippen LogP) is 4.88. The molecule has 0 radical (unpaired) electrons. The number of nitrogens with one attached hydrogen (secondary N) is 1. The summed E-state index contributed by atoms with van der Waals surface area (Å²) < 4.78 is 11.3. The van der Waals surface area contributed by atoms with Crippen LogP contribution in [0.15, 0.2) is 71.3 Å². The molecule has 0 atom stereocenters. The van der Waals surface area contributed by atoms with Gasteiger partial charge >= 0.3 is 0 Å². The molecule has 24 heavy (non-hydrogen) atoms. The minimum absolute atomic E-state index is 0. The smallest absolute Gasteiger partial charge is 0.124 e. The second-order valence-corrected chi connectivity index (χ2v) is 5.56. The first-order valence-corrected chi connectivity index (χ1v) is 7.80. The van der Waals surface area contributed by atoms with Crippen LogP contribution in [0.2, 0.25) is 0 Å². The number of para-hydroxylation sites is 1. The Morgan fingerprint density at radius 1 is 0.917 bits per heavy atom. The van der Waals surface area contributed by atoms with Crippen molar-refractivity contribution in [1.29, 1.82) is 0 Å². The summed E-state index contributed by atoms with van der Waals surface area (Å²) >= 11 is 0. The number of halogens is 1. The van der Waals surface area contributed by atoms with E-state index in [2.05, 4.69) is 42.6 Å². The molecular weight excluding hydrogens is 322 g/mol. The van der Waals surface area contributed by atoms with Crippen LogP contribution < -0.4 is 10.1 Å². The number of furan rings is 1. The van der Waals surface area contributed by atoms with Crippen LogP contribution in [0, 0.1) is 6.92 Å². The van der Waals surface area contributed by atoms with E-state index < -0.39 is 0 Å². The highest BCUT2D eigenvalue weighted by Gasteiger charge is 2.04. The van der Waals surface area contributed by atoms with Crippen molar-refractivity contribution in [3.05, 3.63) is 89.4 Å². The molecule has 0 spiro atoms. The quantitative estimate of drug-likeness (QED) is 0.664. The zero-order valence-corrected chi connectivity index (χ0v) is 14.5. The third-order valence-electron chi connectivity index (χ3n) is 3.68. The summed E-state index contributed by atoms with van der Waals surface area (Å²) in [5.74, 6) is 1.85. The second-order valence-electron chi connectivity index (χ2n) is 5.56. The lowest BCUT2D eigenvalue weighted by Crippen LogP contribution is -2.13. The van der Waals surface area contributed by atoms with E-state index in [0.717, 1.165) is 23.6 Å². The highest BCUT2D eigenvalue weighted by molar-refractivity contribution is 5.85. The normalized spacial score (nSPS) is 10.2. The molecule has 0 saturated carbocycles. The average molecular weight is 344 g/mol. The standard InChI is InChI=1S/C20H21NO2.ClH/c1-16-8-10-17(11-9-16)15-23-20-7-3-2-5-18(20)13-21-14-19-6-4-12-22-19;/h2-12,21H,13-15H2,1H3;1H. The van der Waals surface area contributed by atoms with Crippen LogP contribution in [0.1, 0.15) is 22.5 Å². The number of rotatable bonds is 7. The van der Waals surface area contributed by atoms with Crippen molar-refractivity contribution < 1.29 is 9.15 Å². The summed E-state index contributed by atoms with van der Waals surface area (Å²) in [6.45, 7) is 4.12. The van der Waals surface area contributed by atoms with Gasteiger partial charge in [-0.1, -0.05) is 48.0 Å². The Bertz CT molecular complexity index is 724. The van der Waals surface area contributed by atoms with Crippen molar-refractivity contribution in [2.24, 2.45) is 0 Å². The van der Waals surface area contributed by atoms with E-state index in [9.17, 15) is 0 Å². The molecule has 0 aliphatic heterocycles. The number of ether oxygens (including phenoxy) is 1. The van der Waals surface area contributed by atoms with Gasteiger partial charge in [-0.2, -0.15) is 0 Å². The fraction of sp³-hybridized carbons (Fsp3) is 0.200. The van der Waals surface area contributed by atoms with Crippen LogP contribution in [-0.4, -0.2) is 0 Å². The summed E-state index contributed by atoms with van der Waals surface area (Å²) in [5, 5.41) is 3.38. The van der Waals surface area contributed by atoms with Gasteiger partial charge in [-0.15, -0.1) is 12.4 Å². The van der Waals surface area contributed by atoms with Gasteiger partial charge in [-0.25, -0.2) is 0 Å². The van der Waals surface area contributed by atoms with Crippen LogP contribution >= 0.6 is 12.4 Å². The van der Waals surface area contributed by atoms with Gasteiger partial charge in [0.2, 0.25) is 0 Å². The zero-order chi connectivity index (χ0) is 15.9. The van der Waals surface area contributed by atoms with Crippen LogP contribution in [0.25, 0.3) is 0 Å². The molecule has 0 amide bonds. The summed E-state index contributed by atoms with van der Waals surface area (Å²) in [5.41, 5.74) is 3.58. The average Bonchev–Trinajstić information content (AvgIpc) is 3.09. The molecule has 0 aliphatic rings. The Morgan fingerprint density at radius 3 is 2.46 bits per heavy atom. The SMILES string of the molecule is Cc1ccc(COc2ccccc2CNCc2ccco2)cc1.Cl. The number of hydrogen-bond donors (Lipinski definition) is 1. The molecule has 0 aliphatic carbocycles. The molecule has 4 heteroatoms. The fourth-order valence-corrected chi connectivity index (χ4v) is 2.37. The van der Waals surface area contributed by atoms with Gasteiger partial charge in [0.25, 0.3) is 0 Å². The van der Waals surface area contributed by atoms with E-state index in [-0.39, 0.29) is 12.4 Å². The Labute approximate surface area is 149 Å². The minimum atomic E-state index is 0. The largest absolute Gasteiger partial charge is 0.489 e. The van der Waals surface area contributed by atoms with Crippen LogP contribution in [0.4, 0.5) is 0 Å². The molecule has 0 saturated heterocycles. The van der Waals surface area contributed by atoms with Crippen molar-refractivity contribution >= 4 is 12.4 Å². The topological polar surface area (TPSA) is 34.4 Å². The minimum Gasteiger partial charge on any atom is -0.489 e. The second kappa shape index (κ2) is 9.16. The van der Waals surface area contributed by atoms with Crippen molar-refractivity contribution in [2.75, 3.05) is 0 Å². The number of hydrogen-bond acceptors (Lipinski definition) is 3. The maximum absolute atomic E-state index is 5.99. The molecule has 0 bridgehead atoms. The van der Waals surface area contributed by atoms with Gasteiger partial charge < -0.3 is 14.5 Å². The van der Waals surface area contributed by atoms with Gasteiger partial charge in [0.1, 0.15) is 18.1 Å². The molecule has 1 N–H and O–H groups in total. The predicted molar refractivity (Wildman–Crippen MR) is 98.5 cm³/mol. The Morgan fingerprint density at radius 2 is 1.71 bits per heavy atom. The van der Waals surface area contributed by atoms with E-state index in [1.165, 1.54) is 11.1 Å². The van der Waals surface area contributed by atoms with Gasteiger partial charge in [0, 0.05) is 12.1 Å². The van der Waals surface area contributed by atoms with E-state index in [4.69, 9.17) is 9.15 Å². The van der Waals surface area contributed by atoms with Gasteiger partial charge in [-0.05, 0) is 30.7 Å². The van der Waals surface area contributed by atoms with Gasteiger partial charge in [-0.3, -0.25) is 0 Å². The van der Waals surface area contributed by atoms with Crippen molar-refractivity contribution in [1.82, 2.24) is 5.32 Å². The maximum atomic E-state index is 5.99. The zero-order valence-electron chi connectivity index (χ0n) is 13.7. The molecule has 0 fully saturated rings. The van der Waals surface area contributed by atoms with Crippen LogP contribution in [0.3, 0.4) is 0 Å². The van der Waals surface area contributed by atoms with E-state index in [1.807, 2.05) is 30.3 Å². The Balaban J connectivity index is 0.00000208. The summed E-state index contributed by atoms with van der Waals surface area (Å²) in [6, 6.07) is 20.4. The third-order valence-corrected chi connectivity index (χ3v) is 3.68. The Hall–Kier alpha value is -2.23. The van der Waals surface area contributed by atoms with Crippen LogP contribution in [0.5, 0.6) is 5.75 Å². The van der Waals surface area contributed by atoms with Crippen molar-refractivity contribution in [3.63, 3.8) is 0 Å². The van der Waals surface area contributed by atoms with Crippen LogP contribution in [-0.2, 0) is 19.7 Å². The first-order chi connectivity index (χ1) is 11.3. The van der Waals surface area contributed by atoms with Crippen molar-refractivity contribution in [3.8, 4) is 5.75 Å². The van der Waals surface area contributed by atoms with Crippen molar-refractivity contribution in [2.45, 2.75) is 26.6 Å². The first kappa shape index (κ1) is 18.1. The fourth-order valence-electron chi connectivity index (χ4n) is 2.37. The summed E-state index contributed by atoms with van der Waals surface area (Å²) in [7, 11) is 0. The maximum Gasteiger partial charge on any atom is 0.124 e. The number of benzene rings is 2. The third kappa shape index (κ3) is 5.15. The molecule has 0 unspecified atom stereocenters. The highest BCUT2D eigenvalue weighted by atomic mass is 35.5. The Kier molecular flexibility index (Phi) is 6.91. The summed E-state index contributed by atoms with van der Waals surface area (Å²) in [4.78, 5) is 0. The lowest BCUT2D eigenvalue weighted by atomic mass is 10.1. The lowest BCUT2D eigenvalue weighted by Gasteiger charge is -2.12. The molecule has 1 aromatic heterocycles. The molecule has 126 valence electrons. The molecule has 2 aromatic carbocycles. The first-order valence-electron chi connectivity index (χ1n) is 7.80. The molecule has 3 rings (SSSR count). The molecule has 3 aromatic rings. The van der Waals surface area contributed by atoms with E-state index in [0.29, 0.717) is 13.2 Å². The van der Waals surface area contributed by atoms with Gasteiger partial charge in [0.15, 0.2) is 0 Å². The molecule has 1 heterocycles.